The van der Waals surface area contributed by atoms with Gasteiger partial charge in [-0.25, -0.2) is 9.66 Å². The zero-order valence-corrected chi connectivity index (χ0v) is 18.8. The Hall–Kier alpha value is -2.07. The predicted octanol–water partition coefficient (Wildman–Crippen LogP) is 4.73. The number of nitrogens with two attached hydrogens (primary N) is 1. The van der Waals surface area contributed by atoms with Gasteiger partial charge in [-0.1, -0.05) is 35.0 Å². The molecule has 1 atom stereocenters. The number of nitrogens with zero attached hydrogens (tertiary/aromatic N) is 4. The molecule has 0 aliphatic carbocycles. The molecule has 11 heteroatoms. The molecular weight excluding hydrogens is 451 g/mol. The van der Waals surface area contributed by atoms with E-state index in [0.29, 0.717) is 37.8 Å². The number of H-pyrrole nitrogens is 1. The van der Waals surface area contributed by atoms with Crippen LogP contribution in [0.1, 0.15) is 28.4 Å². The molecule has 0 saturated carbocycles. The Morgan fingerprint density at radius 1 is 1.28 bits per heavy atom. The lowest BCUT2D eigenvalue weighted by Crippen LogP contribution is -2.14. The summed E-state index contributed by atoms with van der Waals surface area (Å²) in [4.78, 5) is 21.9. The molecule has 0 fully saturated rings. The molecule has 0 saturated heterocycles. The maximum absolute atomic E-state index is 12.5. The molecule has 29 heavy (non-hydrogen) atoms. The van der Waals surface area contributed by atoms with E-state index in [1.165, 1.54) is 27.8 Å². The number of halogens is 2. The van der Waals surface area contributed by atoms with E-state index in [2.05, 4.69) is 20.2 Å². The van der Waals surface area contributed by atoms with Gasteiger partial charge in [0.2, 0.25) is 5.16 Å². The third-order valence-corrected chi connectivity index (χ3v) is 7.28. The van der Waals surface area contributed by atoms with Gasteiger partial charge in [0.1, 0.15) is 10.7 Å². The molecule has 150 valence electrons. The monoisotopic (exact) mass is 466 g/mol. The highest BCUT2D eigenvalue weighted by Crippen LogP contribution is 2.35. The van der Waals surface area contributed by atoms with E-state index in [0.717, 1.165) is 15.3 Å². The van der Waals surface area contributed by atoms with Crippen molar-refractivity contribution in [3.05, 3.63) is 54.9 Å². The Balaban J connectivity index is 1.66. The van der Waals surface area contributed by atoms with Crippen molar-refractivity contribution in [2.75, 3.05) is 5.84 Å². The topological polar surface area (TPSA) is 102 Å². The number of aromatic amines is 1. The number of hydrogen-bond donors (Lipinski definition) is 2. The summed E-state index contributed by atoms with van der Waals surface area (Å²) in [5.41, 5.74) is 1.46. The first-order chi connectivity index (χ1) is 13.8. The van der Waals surface area contributed by atoms with Gasteiger partial charge in [-0.05, 0) is 44.5 Å². The van der Waals surface area contributed by atoms with Crippen LogP contribution in [0.4, 0.5) is 0 Å². The van der Waals surface area contributed by atoms with Crippen LogP contribution < -0.4 is 11.4 Å². The minimum absolute atomic E-state index is 0.137. The van der Waals surface area contributed by atoms with Crippen molar-refractivity contribution >= 4 is 56.5 Å². The van der Waals surface area contributed by atoms with Crippen LogP contribution in [0, 0.1) is 13.8 Å². The highest BCUT2D eigenvalue weighted by Gasteiger charge is 2.20. The number of fused-ring (bicyclic) bond motifs is 1. The third kappa shape index (κ3) is 3.63. The summed E-state index contributed by atoms with van der Waals surface area (Å²) < 4.78 is 1.37. The molecule has 0 amide bonds. The molecular formula is C18H16Cl2N6OS2. The van der Waals surface area contributed by atoms with Crippen LogP contribution in [-0.4, -0.2) is 24.8 Å². The zero-order chi connectivity index (χ0) is 20.9. The van der Waals surface area contributed by atoms with Crippen LogP contribution in [0.5, 0.6) is 0 Å². The fourth-order valence-corrected chi connectivity index (χ4v) is 5.25. The Morgan fingerprint density at radius 2 is 2.03 bits per heavy atom. The first-order valence-corrected chi connectivity index (χ1v) is 11.0. The van der Waals surface area contributed by atoms with E-state index in [1.807, 2.05) is 20.8 Å². The zero-order valence-electron chi connectivity index (χ0n) is 15.7. The Morgan fingerprint density at radius 3 is 2.76 bits per heavy atom. The van der Waals surface area contributed by atoms with Crippen molar-refractivity contribution in [1.82, 2.24) is 24.8 Å². The number of aryl methyl sites for hydroxylation is 2. The molecule has 1 unspecified atom stereocenters. The molecule has 0 aliphatic heterocycles. The van der Waals surface area contributed by atoms with Gasteiger partial charge >= 0.3 is 0 Å². The van der Waals surface area contributed by atoms with E-state index < -0.39 is 0 Å². The normalized spacial score (nSPS) is 12.6. The molecule has 4 rings (SSSR count). The van der Waals surface area contributed by atoms with Crippen molar-refractivity contribution in [2.45, 2.75) is 31.2 Å². The summed E-state index contributed by atoms with van der Waals surface area (Å²) in [7, 11) is 0. The van der Waals surface area contributed by atoms with Crippen LogP contribution in [0.25, 0.3) is 21.6 Å². The molecule has 0 spiro atoms. The maximum Gasteiger partial charge on any atom is 0.259 e. The molecule has 4 aromatic rings. The molecule has 0 aliphatic rings. The second-order valence-corrected chi connectivity index (χ2v) is 9.83. The molecule has 3 N–H and O–H groups in total. The summed E-state index contributed by atoms with van der Waals surface area (Å²) in [5, 5.41) is 10.2. The van der Waals surface area contributed by atoms with Crippen molar-refractivity contribution < 1.29 is 0 Å². The number of rotatable bonds is 4. The van der Waals surface area contributed by atoms with Gasteiger partial charge < -0.3 is 10.8 Å². The van der Waals surface area contributed by atoms with Gasteiger partial charge in [-0.3, -0.25) is 4.79 Å². The SMILES string of the molecule is Cc1sc2nc(C(C)Sc3nnc(-c4ccc(Cl)cc4Cl)n3N)[nH]c(=O)c2c1C. The standard InChI is InChI=1S/C18H16Cl2N6OS2/c1-7-8(2)28-17-13(7)16(27)22-14(23-17)9(3)29-18-25-24-15(26(18)21)11-5-4-10(19)6-12(11)20/h4-6,9H,21H2,1-3H3,(H,22,23,27). The van der Waals surface area contributed by atoms with E-state index >= 15 is 0 Å². The number of hydrogen-bond acceptors (Lipinski definition) is 7. The van der Waals surface area contributed by atoms with Gasteiger partial charge in [0.05, 0.1) is 15.7 Å². The van der Waals surface area contributed by atoms with Crippen LogP contribution in [0.15, 0.2) is 28.2 Å². The molecule has 3 heterocycles. The summed E-state index contributed by atoms with van der Waals surface area (Å²) in [5.74, 6) is 7.18. The number of thioether (sulfide) groups is 1. The Bertz CT molecular complexity index is 1300. The number of nitrogen functional groups attached to an aromatic ring is 1. The number of aromatic nitrogens is 5. The first-order valence-electron chi connectivity index (χ1n) is 8.58. The lowest BCUT2D eigenvalue weighted by molar-refractivity contribution is 0.835. The Kier molecular flexibility index (Phi) is 5.32. The number of benzene rings is 1. The van der Waals surface area contributed by atoms with Gasteiger partial charge in [-0.2, -0.15) is 0 Å². The molecule has 7 nitrogen and oxygen atoms in total. The summed E-state index contributed by atoms with van der Waals surface area (Å²) in [6, 6.07) is 5.07. The van der Waals surface area contributed by atoms with Crippen LogP contribution in [-0.2, 0) is 0 Å². The summed E-state index contributed by atoms with van der Waals surface area (Å²) in [6.07, 6.45) is 0. The predicted molar refractivity (Wildman–Crippen MR) is 120 cm³/mol. The van der Waals surface area contributed by atoms with Crippen LogP contribution in [0.3, 0.4) is 0 Å². The second-order valence-electron chi connectivity index (χ2n) is 6.47. The molecule has 0 radical (unpaired) electrons. The fourth-order valence-electron chi connectivity index (χ4n) is 2.89. The second kappa shape index (κ2) is 7.64. The average Bonchev–Trinajstić information content (AvgIpc) is 3.15. The quantitative estimate of drug-likeness (QED) is 0.332. The van der Waals surface area contributed by atoms with Gasteiger partial charge in [0, 0.05) is 15.5 Å². The lowest BCUT2D eigenvalue weighted by Gasteiger charge is -2.10. The summed E-state index contributed by atoms with van der Waals surface area (Å²) in [6.45, 7) is 5.84. The average molecular weight is 467 g/mol. The van der Waals surface area contributed by atoms with E-state index in [9.17, 15) is 4.79 Å². The highest BCUT2D eigenvalue weighted by atomic mass is 35.5. The summed E-state index contributed by atoms with van der Waals surface area (Å²) >= 11 is 15.1. The molecule has 1 aromatic carbocycles. The fraction of sp³-hybridized carbons (Fsp3) is 0.222. The lowest BCUT2D eigenvalue weighted by atomic mass is 10.2. The van der Waals surface area contributed by atoms with Crippen molar-refractivity contribution in [1.29, 1.82) is 0 Å². The van der Waals surface area contributed by atoms with Crippen molar-refractivity contribution in [2.24, 2.45) is 0 Å². The van der Waals surface area contributed by atoms with Crippen molar-refractivity contribution in [3.8, 4) is 11.4 Å². The Labute approximate surface area is 184 Å². The van der Waals surface area contributed by atoms with Crippen molar-refractivity contribution in [3.63, 3.8) is 0 Å². The van der Waals surface area contributed by atoms with Crippen LogP contribution in [0.2, 0.25) is 10.0 Å². The van der Waals surface area contributed by atoms with Gasteiger partial charge in [0.15, 0.2) is 5.82 Å². The van der Waals surface area contributed by atoms with Gasteiger partial charge in [0.25, 0.3) is 5.56 Å². The molecule has 3 aromatic heterocycles. The minimum atomic E-state index is -0.199. The van der Waals surface area contributed by atoms with E-state index in [4.69, 9.17) is 29.0 Å². The van der Waals surface area contributed by atoms with E-state index in [-0.39, 0.29) is 10.8 Å². The molecule has 0 bridgehead atoms. The minimum Gasteiger partial charge on any atom is -0.335 e. The van der Waals surface area contributed by atoms with E-state index in [1.54, 1.807) is 18.2 Å². The largest absolute Gasteiger partial charge is 0.335 e. The highest BCUT2D eigenvalue weighted by molar-refractivity contribution is 7.99. The maximum atomic E-state index is 12.5. The van der Waals surface area contributed by atoms with Gasteiger partial charge in [-0.15, -0.1) is 21.5 Å². The number of thiophene rings is 1. The first kappa shape index (κ1) is 20.2. The third-order valence-electron chi connectivity index (χ3n) is 4.56. The van der Waals surface area contributed by atoms with Crippen LogP contribution >= 0.6 is 46.3 Å². The smallest absolute Gasteiger partial charge is 0.259 e. The number of nitrogens with one attached hydrogen (secondary N) is 1.